The fourth-order valence-electron chi connectivity index (χ4n) is 3.40. The van der Waals surface area contributed by atoms with Gasteiger partial charge in [0.25, 0.3) is 0 Å². The van der Waals surface area contributed by atoms with E-state index in [1.807, 2.05) is 24.9 Å². The van der Waals surface area contributed by atoms with E-state index < -0.39 is 0 Å². The van der Waals surface area contributed by atoms with Gasteiger partial charge in [0.2, 0.25) is 0 Å². The second kappa shape index (κ2) is 6.29. The van der Waals surface area contributed by atoms with Crippen LogP contribution in [0.4, 0.5) is 4.79 Å². The van der Waals surface area contributed by atoms with Gasteiger partial charge in [0, 0.05) is 25.6 Å². The highest BCUT2D eigenvalue weighted by atomic mass is 16.5. The van der Waals surface area contributed by atoms with Crippen LogP contribution in [0.15, 0.2) is 30.3 Å². The second-order valence-electron chi connectivity index (χ2n) is 6.79. The molecular weight excluding hydrogens is 276 g/mol. The van der Waals surface area contributed by atoms with Crippen LogP contribution in [-0.4, -0.2) is 43.3 Å². The topological polar surface area (TPSA) is 41.6 Å². The van der Waals surface area contributed by atoms with Crippen molar-refractivity contribution in [3.8, 4) is 0 Å². The lowest BCUT2D eigenvalue weighted by Gasteiger charge is -2.27. The quantitative estimate of drug-likeness (QED) is 0.908. The Hall–Kier alpha value is -1.55. The van der Waals surface area contributed by atoms with Crippen molar-refractivity contribution in [2.75, 3.05) is 20.2 Å². The maximum atomic E-state index is 12.4. The van der Waals surface area contributed by atoms with E-state index in [0.29, 0.717) is 0 Å². The van der Waals surface area contributed by atoms with Crippen LogP contribution >= 0.6 is 0 Å². The summed E-state index contributed by atoms with van der Waals surface area (Å²) in [5, 5.41) is 3.09. The Kier molecular flexibility index (Phi) is 4.39. The van der Waals surface area contributed by atoms with E-state index in [9.17, 15) is 4.79 Å². The lowest BCUT2D eigenvalue weighted by molar-refractivity contribution is 0.0837. The molecule has 4 heteroatoms. The van der Waals surface area contributed by atoms with Crippen molar-refractivity contribution >= 4 is 6.03 Å². The molecule has 1 heterocycles. The molecule has 1 aliphatic heterocycles. The molecule has 0 bridgehead atoms. The van der Waals surface area contributed by atoms with E-state index in [0.717, 1.165) is 38.8 Å². The van der Waals surface area contributed by atoms with Crippen LogP contribution in [-0.2, 0) is 10.2 Å². The van der Waals surface area contributed by atoms with Gasteiger partial charge in [-0.2, -0.15) is 0 Å². The highest BCUT2D eigenvalue weighted by Crippen LogP contribution is 2.48. The Labute approximate surface area is 132 Å². The number of nitrogens with one attached hydrogen (secondary N) is 1. The average molecular weight is 302 g/mol. The Balaban J connectivity index is 1.55. The molecule has 3 rings (SSSR count). The van der Waals surface area contributed by atoms with Crippen LogP contribution in [0.2, 0.25) is 0 Å². The molecule has 2 atom stereocenters. The fourth-order valence-corrected chi connectivity index (χ4v) is 3.40. The van der Waals surface area contributed by atoms with Crippen molar-refractivity contribution in [2.45, 2.75) is 50.2 Å². The predicted molar refractivity (Wildman–Crippen MR) is 87.0 cm³/mol. The zero-order valence-corrected chi connectivity index (χ0v) is 13.5. The summed E-state index contributed by atoms with van der Waals surface area (Å²) in [4.78, 5) is 14.2. The molecule has 1 aliphatic carbocycles. The van der Waals surface area contributed by atoms with Crippen LogP contribution in [0.3, 0.4) is 0 Å². The van der Waals surface area contributed by atoms with Gasteiger partial charge in [0.05, 0.1) is 12.1 Å². The minimum Gasteiger partial charge on any atom is -0.376 e. The van der Waals surface area contributed by atoms with Crippen LogP contribution in [0.1, 0.15) is 38.2 Å². The van der Waals surface area contributed by atoms with Crippen molar-refractivity contribution in [3.05, 3.63) is 35.9 Å². The lowest BCUT2D eigenvalue weighted by Crippen LogP contribution is -2.48. The Morgan fingerprint density at radius 1 is 1.41 bits per heavy atom. The molecule has 0 radical (unpaired) electrons. The third-order valence-corrected chi connectivity index (χ3v) is 5.00. The van der Waals surface area contributed by atoms with Gasteiger partial charge in [0.1, 0.15) is 0 Å². The number of carbonyl (C=O) groups excluding carboxylic acids is 1. The molecule has 4 nitrogen and oxygen atoms in total. The predicted octanol–water partition coefficient (Wildman–Crippen LogP) is 2.93. The summed E-state index contributed by atoms with van der Waals surface area (Å²) in [6, 6.07) is 10.6. The number of hydrogen-bond donors (Lipinski definition) is 1. The summed E-state index contributed by atoms with van der Waals surface area (Å²) in [7, 11) is 1.89. The Morgan fingerprint density at radius 2 is 2.14 bits per heavy atom. The summed E-state index contributed by atoms with van der Waals surface area (Å²) < 4.78 is 5.64. The minimum absolute atomic E-state index is 0.00482. The third kappa shape index (κ3) is 3.27. The summed E-state index contributed by atoms with van der Waals surface area (Å²) in [5.74, 6) is 0. The molecule has 2 amide bonds. The lowest BCUT2D eigenvalue weighted by atomic mass is 9.95. The molecule has 1 aromatic carbocycles. The number of likely N-dealkylation sites (N-methyl/N-ethyl adjacent to an activating group) is 1. The van der Waals surface area contributed by atoms with E-state index in [-0.39, 0.29) is 23.6 Å². The zero-order valence-electron chi connectivity index (χ0n) is 13.5. The molecular formula is C18H26N2O2. The summed E-state index contributed by atoms with van der Waals surface area (Å²) in [6.45, 7) is 3.63. The van der Waals surface area contributed by atoms with E-state index in [1.165, 1.54) is 5.56 Å². The van der Waals surface area contributed by atoms with Gasteiger partial charge >= 0.3 is 6.03 Å². The van der Waals surface area contributed by atoms with Gasteiger partial charge in [0.15, 0.2) is 0 Å². The normalized spacial score (nSPS) is 23.8. The summed E-state index contributed by atoms with van der Waals surface area (Å²) >= 11 is 0. The van der Waals surface area contributed by atoms with Crippen LogP contribution in [0.25, 0.3) is 0 Å². The van der Waals surface area contributed by atoms with Crippen LogP contribution < -0.4 is 5.32 Å². The van der Waals surface area contributed by atoms with Gasteiger partial charge in [-0.15, -0.1) is 0 Å². The SMILES string of the molecule is C[C@H](NC(=O)N(C)CC1(c2ccccc2)CC1)[C@@H]1CCCO1. The number of rotatable bonds is 5. The maximum Gasteiger partial charge on any atom is 0.317 e. The van der Waals surface area contributed by atoms with Crippen molar-refractivity contribution < 1.29 is 9.53 Å². The molecule has 0 aromatic heterocycles. The first-order valence-corrected chi connectivity index (χ1v) is 8.29. The third-order valence-electron chi connectivity index (χ3n) is 5.00. The van der Waals surface area contributed by atoms with Gasteiger partial charge in [-0.05, 0) is 38.2 Å². The number of benzene rings is 1. The maximum absolute atomic E-state index is 12.4. The van der Waals surface area contributed by atoms with Crippen molar-refractivity contribution in [1.82, 2.24) is 10.2 Å². The van der Waals surface area contributed by atoms with Gasteiger partial charge < -0.3 is 15.0 Å². The minimum atomic E-state index is 0.00482. The number of amides is 2. The van der Waals surface area contributed by atoms with E-state index in [4.69, 9.17) is 4.74 Å². The molecule has 22 heavy (non-hydrogen) atoms. The Bertz CT molecular complexity index is 507. The molecule has 120 valence electrons. The van der Waals surface area contributed by atoms with Gasteiger partial charge in [-0.1, -0.05) is 30.3 Å². The Morgan fingerprint density at radius 3 is 2.73 bits per heavy atom. The molecule has 0 spiro atoms. The van der Waals surface area contributed by atoms with E-state index in [2.05, 4.69) is 29.6 Å². The van der Waals surface area contributed by atoms with Gasteiger partial charge in [-0.25, -0.2) is 4.79 Å². The standard InChI is InChI=1S/C18H26N2O2/c1-14(16-9-6-12-22-16)19-17(21)20(2)13-18(10-11-18)15-7-4-3-5-8-15/h3-5,7-8,14,16H,6,9-13H2,1-2H3,(H,19,21)/t14-,16-/m0/s1. The number of carbonyl (C=O) groups is 1. The molecule has 1 saturated carbocycles. The molecule has 1 aromatic rings. The van der Waals surface area contributed by atoms with Crippen LogP contribution in [0, 0.1) is 0 Å². The number of urea groups is 1. The van der Waals surface area contributed by atoms with E-state index in [1.54, 1.807) is 0 Å². The highest BCUT2D eigenvalue weighted by Gasteiger charge is 2.45. The van der Waals surface area contributed by atoms with Gasteiger partial charge in [-0.3, -0.25) is 0 Å². The molecule has 0 unspecified atom stereocenters. The number of hydrogen-bond acceptors (Lipinski definition) is 2. The van der Waals surface area contributed by atoms with Crippen molar-refractivity contribution in [1.29, 1.82) is 0 Å². The smallest absolute Gasteiger partial charge is 0.317 e. The monoisotopic (exact) mass is 302 g/mol. The molecule has 1 N–H and O–H groups in total. The molecule has 2 fully saturated rings. The fraction of sp³-hybridized carbons (Fsp3) is 0.611. The van der Waals surface area contributed by atoms with Crippen LogP contribution in [0.5, 0.6) is 0 Å². The first-order valence-electron chi connectivity index (χ1n) is 8.29. The number of nitrogens with zero attached hydrogens (tertiary/aromatic N) is 1. The van der Waals surface area contributed by atoms with E-state index >= 15 is 0 Å². The summed E-state index contributed by atoms with van der Waals surface area (Å²) in [6.07, 6.45) is 4.63. The molecule has 1 saturated heterocycles. The van der Waals surface area contributed by atoms with Crippen molar-refractivity contribution in [3.63, 3.8) is 0 Å². The number of ether oxygens (including phenoxy) is 1. The summed E-state index contributed by atoms with van der Waals surface area (Å²) in [5.41, 5.74) is 1.52. The average Bonchev–Trinajstić information content (AvgIpc) is 3.10. The highest BCUT2D eigenvalue weighted by molar-refractivity contribution is 5.74. The zero-order chi connectivity index (χ0) is 15.6. The second-order valence-corrected chi connectivity index (χ2v) is 6.79. The first-order chi connectivity index (χ1) is 10.6. The molecule has 2 aliphatic rings. The van der Waals surface area contributed by atoms with Crippen molar-refractivity contribution in [2.24, 2.45) is 0 Å². The first kappa shape index (κ1) is 15.3. The largest absolute Gasteiger partial charge is 0.376 e.